The number of hydrogen-bond donors (Lipinski definition) is 2. The van der Waals surface area contributed by atoms with Crippen LogP contribution in [0.15, 0.2) is 54.6 Å². The van der Waals surface area contributed by atoms with Crippen molar-refractivity contribution in [3.63, 3.8) is 0 Å². The largest absolute Gasteiger partial charge is 0.330 e. The van der Waals surface area contributed by atoms with E-state index in [1.54, 1.807) is 0 Å². The lowest BCUT2D eigenvalue weighted by molar-refractivity contribution is 0.486. The van der Waals surface area contributed by atoms with Gasteiger partial charge < -0.3 is 11.1 Å². The summed E-state index contributed by atoms with van der Waals surface area (Å²) in [5, 5.41) is 3.49. The Kier molecular flexibility index (Phi) is 5.78. The van der Waals surface area contributed by atoms with E-state index in [0.29, 0.717) is 5.92 Å². The second-order valence-corrected chi connectivity index (χ2v) is 5.38. The normalized spacial score (nSPS) is 12.3. The summed E-state index contributed by atoms with van der Waals surface area (Å²) in [6.45, 7) is 4.95. The lowest BCUT2D eigenvalue weighted by Crippen LogP contribution is -2.22. The molecule has 0 heterocycles. The van der Waals surface area contributed by atoms with Gasteiger partial charge in [-0.1, -0.05) is 61.5 Å². The van der Waals surface area contributed by atoms with E-state index in [1.807, 2.05) is 6.07 Å². The van der Waals surface area contributed by atoms with Gasteiger partial charge in [0.15, 0.2) is 0 Å². The van der Waals surface area contributed by atoms with Gasteiger partial charge >= 0.3 is 0 Å². The highest BCUT2D eigenvalue weighted by molar-refractivity contribution is 5.63. The Bertz CT molecular complexity index is 491. The predicted molar refractivity (Wildman–Crippen MR) is 86.4 cm³/mol. The maximum Gasteiger partial charge on any atom is 0.0205 e. The van der Waals surface area contributed by atoms with E-state index < -0.39 is 0 Å². The van der Waals surface area contributed by atoms with Crippen LogP contribution in [0, 0.1) is 5.92 Å². The smallest absolute Gasteiger partial charge is 0.0205 e. The van der Waals surface area contributed by atoms with Crippen LogP contribution in [0.3, 0.4) is 0 Å². The van der Waals surface area contributed by atoms with E-state index in [9.17, 15) is 0 Å². The van der Waals surface area contributed by atoms with Crippen LogP contribution in [-0.2, 0) is 6.54 Å². The average Bonchev–Trinajstić information content (AvgIpc) is 2.49. The molecule has 0 amide bonds. The maximum atomic E-state index is 5.56. The molecule has 0 aliphatic rings. The summed E-state index contributed by atoms with van der Waals surface area (Å²) in [7, 11) is 0. The number of rotatable bonds is 7. The lowest BCUT2D eigenvalue weighted by atomic mass is 10.0. The summed E-state index contributed by atoms with van der Waals surface area (Å²) < 4.78 is 0. The second-order valence-electron chi connectivity index (χ2n) is 5.38. The average molecular weight is 268 g/mol. The Labute approximate surface area is 122 Å². The lowest BCUT2D eigenvalue weighted by Gasteiger charge is -2.11. The van der Waals surface area contributed by atoms with Crippen LogP contribution < -0.4 is 11.1 Å². The molecule has 2 heteroatoms. The number of nitrogens with two attached hydrogens (primary N) is 1. The third-order valence-corrected chi connectivity index (χ3v) is 3.54. The van der Waals surface area contributed by atoms with E-state index in [0.717, 1.165) is 26.1 Å². The van der Waals surface area contributed by atoms with Crippen LogP contribution in [0.25, 0.3) is 11.1 Å². The van der Waals surface area contributed by atoms with Gasteiger partial charge in [0, 0.05) is 6.54 Å². The zero-order valence-electron chi connectivity index (χ0n) is 12.2. The van der Waals surface area contributed by atoms with E-state index in [1.165, 1.54) is 16.7 Å². The summed E-state index contributed by atoms with van der Waals surface area (Å²) in [5.41, 5.74) is 9.42. The first-order valence-electron chi connectivity index (χ1n) is 7.34. The minimum atomic E-state index is 0.642. The molecule has 2 aromatic carbocycles. The van der Waals surface area contributed by atoms with E-state index in [2.05, 4.69) is 60.8 Å². The number of hydrogen-bond acceptors (Lipinski definition) is 2. The summed E-state index contributed by atoms with van der Waals surface area (Å²) in [6.07, 6.45) is 1.08. The molecule has 106 valence electrons. The monoisotopic (exact) mass is 268 g/mol. The SMILES string of the molecule is CC(CCN)CNCc1ccc(-c2ccccc2)cc1. The van der Waals surface area contributed by atoms with Crippen molar-refractivity contribution in [2.24, 2.45) is 11.7 Å². The first-order chi connectivity index (χ1) is 9.79. The topological polar surface area (TPSA) is 38.0 Å². The Morgan fingerprint density at radius 1 is 0.950 bits per heavy atom. The molecule has 0 aromatic heterocycles. The van der Waals surface area contributed by atoms with Crippen molar-refractivity contribution in [2.45, 2.75) is 19.9 Å². The van der Waals surface area contributed by atoms with Crippen molar-refractivity contribution < 1.29 is 0 Å². The first-order valence-corrected chi connectivity index (χ1v) is 7.34. The van der Waals surface area contributed by atoms with Crippen LogP contribution in [0.1, 0.15) is 18.9 Å². The van der Waals surface area contributed by atoms with Gasteiger partial charge in [-0.2, -0.15) is 0 Å². The molecule has 1 atom stereocenters. The highest BCUT2D eigenvalue weighted by Crippen LogP contribution is 2.19. The molecule has 2 nitrogen and oxygen atoms in total. The standard InChI is InChI=1S/C18H24N2/c1-15(11-12-19)13-20-14-16-7-9-18(10-8-16)17-5-3-2-4-6-17/h2-10,15,20H,11-14,19H2,1H3. The zero-order chi connectivity index (χ0) is 14.2. The molecule has 2 rings (SSSR count). The van der Waals surface area contributed by atoms with E-state index in [-0.39, 0.29) is 0 Å². The van der Waals surface area contributed by atoms with Crippen molar-refractivity contribution in [3.05, 3.63) is 60.2 Å². The Balaban J connectivity index is 1.86. The maximum absolute atomic E-state index is 5.56. The second kappa shape index (κ2) is 7.83. The predicted octanol–water partition coefficient (Wildman–Crippen LogP) is 3.43. The van der Waals surface area contributed by atoms with Gasteiger partial charge in [-0.05, 0) is 42.1 Å². The van der Waals surface area contributed by atoms with Crippen LogP contribution in [0.5, 0.6) is 0 Å². The summed E-state index contributed by atoms with van der Waals surface area (Å²) in [4.78, 5) is 0. The molecular weight excluding hydrogens is 244 g/mol. The van der Waals surface area contributed by atoms with E-state index in [4.69, 9.17) is 5.73 Å². The molecule has 0 fully saturated rings. The fourth-order valence-corrected chi connectivity index (χ4v) is 2.30. The van der Waals surface area contributed by atoms with Gasteiger partial charge in [-0.3, -0.25) is 0 Å². The third kappa shape index (κ3) is 4.48. The number of benzene rings is 2. The van der Waals surface area contributed by atoms with Crippen LogP contribution in [0.2, 0.25) is 0 Å². The molecule has 1 unspecified atom stereocenters. The van der Waals surface area contributed by atoms with Gasteiger partial charge in [0.25, 0.3) is 0 Å². The molecule has 0 spiro atoms. The van der Waals surface area contributed by atoms with Crippen molar-refractivity contribution in [1.29, 1.82) is 0 Å². The molecular formula is C18H24N2. The van der Waals surface area contributed by atoms with Gasteiger partial charge in [0.1, 0.15) is 0 Å². The summed E-state index contributed by atoms with van der Waals surface area (Å²) >= 11 is 0. The molecule has 0 saturated carbocycles. The minimum Gasteiger partial charge on any atom is -0.330 e. The summed E-state index contributed by atoms with van der Waals surface area (Å²) in [6, 6.07) is 19.2. The molecule has 0 bridgehead atoms. The highest BCUT2D eigenvalue weighted by Gasteiger charge is 2.01. The van der Waals surface area contributed by atoms with Gasteiger partial charge in [-0.15, -0.1) is 0 Å². The first kappa shape index (κ1) is 14.8. The third-order valence-electron chi connectivity index (χ3n) is 3.54. The Morgan fingerprint density at radius 3 is 2.25 bits per heavy atom. The molecule has 0 aliphatic heterocycles. The van der Waals surface area contributed by atoms with E-state index >= 15 is 0 Å². The van der Waals surface area contributed by atoms with Gasteiger partial charge in [0.05, 0.1) is 0 Å². The minimum absolute atomic E-state index is 0.642. The van der Waals surface area contributed by atoms with Crippen molar-refractivity contribution in [1.82, 2.24) is 5.32 Å². The molecule has 0 aliphatic carbocycles. The van der Waals surface area contributed by atoms with Crippen LogP contribution in [0.4, 0.5) is 0 Å². The van der Waals surface area contributed by atoms with Crippen LogP contribution in [-0.4, -0.2) is 13.1 Å². The van der Waals surface area contributed by atoms with Gasteiger partial charge in [-0.25, -0.2) is 0 Å². The Hall–Kier alpha value is -1.64. The molecule has 0 saturated heterocycles. The molecule has 3 N–H and O–H groups in total. The van der Waals surface area contributed by atoms with Crippen molar-refractivity contribution >= 4 is 0 Å². The molecule has 20 heavy (non-hydrogen) atoms. The number of nitrogens with one attached hydrogen (secondary N) is 1. The molecule has 2 aromatic rings. The van der Waals surface area contributed by atoms with Crippen molar-refractivity contribution in [3.8, 4) is 11.1 Å². The quantitative estimate of drug-likeness (QED) is 0.807. The van der Waals surface area contributed by atoms with Crippen molar-refractivity contribution in [2.75, 3.05) is 13.1 Å². The highest BCUT2D eigenvalue weighted by atomic mass is 14.9. The Morgan fingerprint density at radius 2 is 1.60 bits per heavy atom. The van der Waals surface area contributed by atoms with Gasteiger partial charge in [0.2, 0.25) is 0 Å². The fraction of sp³-hybridized carbons (Fsp3) is 0.333. The zero-order valence-corrected chi connectivity index (χ0v) is 12.2. The summed E-state index contributed by atoms with van der Waals surface area (Å²) in [5.74, 6) is 0.642. The fourth-order valence-electron chi connectivity index (χ4n) is 2.30. The molecule has 0 radical (unpaired) electrons. The van der Waals surface area contributed by atoms with Crippen LogP contribution >= 0.6 is 0 Å².